The average molecular weight is 288 g/mol. The fraction of sp³-hybridized carbons (Fsp3) is 0.375. The predicted molar refractivity (Wildman–Crippen MR) is 80.7 cm³/mol. The Bertz CT molecular complexity index is 541. The highest BCUT2D eigenvalue weighted by Gasteiger charge is 2.16. The molecule has 0 aliphatic heterocycles. The van der Waals surface area contributed by atoms with Crippen molar-refractivity contribution >= 4 is 11.8 Å². The first-order valence-corrected chi connectivity index (χ1v) is 6.82. The Kier molecular flexibility index (Phi) is 6.99. The lowest BCUT2D eigenvalue weighted by molar-refractivity contribution is -0.121. The number of benzene rings is 1. The van der Waals surface area contributed by atoms with Gasteiger partial charge in [-0.3, -0.25) is 9.59 Å². The molecule has 0 aliphatic rings. The Hall–Kier alpha value is -2.32. The molecule has 2 N–H and O–H groups in total. The van der Waals surface area contributed by atoms with Gasteiger partial charge in [0.05, 0.1) is 13.2 Å². The molecule has 0 saturated carbocycles. The molecular weight excluding hydrogens is 268 g/mol. The molecule has 0 aliphatic carbocycles. The molecule has 5 heteroatoms. The van der Waals surface area contributed by atoms with Gasteiger partial charge in [0.1, 0.15) is 0 Å². The summed E-state index contributed by atoms with van der Waals surface area (Å²) in [5.74, 6) is 5.33. The summed E-state index contributed by atoms with van der Waals surface area (Å²) in [5.41, 5.74) is 1.31. The summed E-state index contributed by atoms with van der Waals surface area (Å²) < 4.78 is 0. The van der Waals surface area contributed by atoms with E-state index in [4.69, 9.17) is 5.11 Å². The summed E-state index contributed by atoms with van der Waals surface area (Å²) in [4.78, 5) is 25.1. The van der Waals surface area contributed by atoms with E-state index in [0.717, 1.165) is 5.56 Å². The number of carbonyl (C=O) groups excluding carboxylic acids is 2. The third-order valence-electron chi connectivity index (χ3n) is 2.88. The zero-order chi connectivity index (χ0) is 15.7. The van der Waals surface area contributed by atoms with Crippen molar-refractivity contribution in [3.8, 4) is 11.8 Å². The van der Waals surface area contributed by atoms with Crippen LogP contribution in [0.4, 0.5) is 0 Å². The van der Waals surface area contributed by atoms with Crippen molar-refractivity contribution in [1.29, 1.82) is 0 Å². The van der Waals surface area contributed by atoms with Crippen molar-refractivity contribution in [3.05, 3.63) is 35.4 Å². The molecule has 0 unspecified atom stereocenters. The summed E-state index contributed by atoms with van der Waals surface area (Å²) in [7, 11) is 1.54. The van der Waals surface area contributed by atoms with E-state index in [0.29, 0.717) is 18.5 Å². The zero-order valence-corrected chi connectivity index (χ0v) is 12.3. The second-order valence-corrected chi connectivity index (χ2v) is 4.35. The molecule has 1 aromatic rings. The van der Waals surface area contributed by atoms with Crippen LogP contribution in [0.2, 0.25) is 0 Å². The Labute approximate surface area is 125 Å². The van der Waals surface area contributed by atoms with Crippen molar-refractivity contribution in [1.82, 2.24) is 10.2 Å². The van der Waals surface area contributed by atoms with E-state index in [9.17, 15) is 9.59 Å². The van der Waals surface area contributed by atoms with Crippen LogP contribution in [-0.4, -0.2) is 48.6 Å². The number of aliphatic hydroxyl groups excluding tert-OH is 1. The van der Waals surface area contributed by atoms with Crippen molar-refractivity contribution in [2.75, 3.05) is 26.7 Å². The van der Waals surface area contributed by atoms with Gasteiger partial charge in [0.2, 0.25) is 5.91 Å². The number of hydrogen-bond donors (Lipinski definition) is 2. The number of carbonyl (C=O) groups is 2. The number of aliphatic hydroxyl groups is 1. The molecule has 0 atom stereocenters. The molecule has 1 rings (SSSR count). The molecule has 112 valence electrons. The van der Waals surface area contributed by atoms with E-state index in [-0.39, 0.29) is 25.0 Å². The number of amides is 2. The van der Waals surface area contributed by atoms with E-state index in [1.165, 1.54) is 4.90 Å². The smallest absolute Gasteiger partial charge is 0.254 e. The fourth-order valence-electron chi connectivity index (χ4n) is 1.68. The van der Waals surface area contributed by atoms with Crippen LogP contribution in [0.5, 0.6) is 0 Å². The monoisotopic (exact) mass is 288 g/mol. The van der Waals surface area contributed by atoms with E-state index < -0.39 is 0 Å². The Morgan fingerprint density at radius 3 is 2.48 bits per heavy atom. The molecule has 0 radical (unpaired) electrons. The highest BCUT2D eigenvalue weighted by atomic mass is 16.2. The molecule has 0 fully saturated rings. The topological polar surface area (TPSA) is 69.6 Å². The van der Waals surface area contributed by atoms with Crippen LogP contribution in [0.1, 0.15) is 29.3 Å². The molecule has 21 heavy (non-hydrogen) atoms. The largest absolute Gasteiger partial charge is 0.395 e. The second kappa shape index (κ2) is 8.77. The molecule has 0 aromatic heterocycles. The van der Waals surface area contributed by atoms with Crippen molar-refractivity contribution in [2.45, 2.75) is 13.3 Å². The summed E-state index contributed by atoms with van der Waals surface area (Å²) in [6.45, 7) is 2.37. The van der Waals surface area contributed by atoms with Crippen LogP contribution >= 0.6 is 0 Å². The average Bonchev–Trinajstić information content (AvgIpc) is 2.52. The van der Waals surface area contributed by atoms with Gasteiger partial charge in [0, 0.05) is 31.1 Å². The highest BCUT2D eigenvalue weighted by Crippen LogP contribution is 2.07. The van der Waals surface area contributed by atoms with Crippen molar-refractivity contribution < 1.29 is 14.7 Å². The standard InChI is InChI=1S/C16H20N2O3/c1-3-18(12-15(20)17-2)16(21)14-9-7-13(8-10-14)6-4-5-11-19/h7-10,19H,3,5,11-12H2,1-2H3,(H,17,20). The molecule has 5 nitrogen and oxygen atoms in total. The first-order chi connectivity index (χ1) is 10.1. The van der Waals surface area contributed by atoms with Gasteiger partial charge in [-0.05, 0) is 31.2 Å². The maximum Gasteiger partial charge on any atom is 0.254 e. The van der Waals surface area contributed by atoms with Crippen LogP contribution in [0.3, 0.4) is 0 Å². The maximum absolute atomic E-state index is 12.3. The minimum absolute atomic E-state index is 0.0362. The first-order valence-electron chi connectivity index (χ1n) is 6.82. The van der Waals surface area contributed by atoms with E-state index in [2.05, 4.69) is 17.2 Å². The van der Waals surface area contributed by atoms with Gasteiger partial charge in [-0.2, -0.15) is 0 Å². The summed E-state index contributed by atoms with van der Waals surface area (Å²) >= 11 is 0. The molecule has 0 spiro atoms. The van der Waals surface area contributed by atoms with Gasteiger partial charge in [-0.1, -0.05) is 11.8 Å². The number of hydrogen-bond acceptors (Lipinski definition) is 3. The third-order valence-corrected chi connectivity index (χ3v) is 2.88. The van der Waals surface area contributed by atoms with Crippen molar-refractivity contribution in [2.24, 2.45) is 0 Å². The minimum Gasteiger partial charge on any atom is -0.395 e. The highest BCUT2D eigenvalue weighted by molar-refractivity contribution is 5.96. The molecule has 1 aromatic carbocycles. The van der Waals surface area contributed by atoms with Crippen LogP contribution in [0, 0.1) is 11.8 Å². The molecular formula is C16H20N2O3. The van der Waals surface area contributed by atoms with E-state index >= 15 is 0 Å². The summed E-state index contributed by atoms with van der Waals surface area (Å²) in [5, 5.41) is 11.2. The lowest BCUT2D eigenvalue weighted by Gasteiger charge is -2.19. The quantitative estimate of drug-likeness (QED) is 0.781. The van der Waals surface area contributed by atoms with Gasteiger partial charge in [0.15, 0.2) is 0 Å². The number of likely N-dealkylation sites (N-methyl/N-ethyl adjacent to an activating group) is 2. The van der Waals surface area contributed by atoms with Gasteiger partial charge < -0.3 is 15.3 Å². The lowest BCUT2D eigenvalue weighted by Crippen LogP contribution is -2.39. The van der Waals surface area contributed by atoms with E-state index in [1.54, 1.807) is 31.3 Å². The lowest BCUT2D eigenvalue weighted by atomic mass is 10.1. The first kappa shape index (κ1) is 16.7. The maximum atomic E-state index is 12.3. The summed E-state index contributed by atoms with van der Waals surface area (Å²) in [6.07, 6.45) is 0.427. The normalized spacial score (nSPS) is 9.48. The molecule has 0 bridgehead atoms. The SMILES string of the molecule is CCN(CC(=O)NC)C(=O)c1ccc(C#CCCO)cc1. The molecule has 2 amide bonds. The van der Waals surface area contributed by atoms with Gasteiger partial charge in [0.25, 0.3) is 5.91 Å². The Morgan fingerprint density at radius 1 is 1.29 bits per heavy atom. The molecule has 0 saturated heterocycles. The predicted octanol–water partition coefficient (Wildman–Crippen LogP) is 0.629. The Balaban J connectivity index is 2.78. The van der Waals surface area contributed by atoms with Gasteiger partial charge >= 0.3 is 0 Å². The Morgan fingerprint density at radius 2 is 1.95 bits per heavy atom. The van der Waals surface area contributed by atoms with Crippen LogP contribution in [0.25, 0.3) is 0 Å². The third kappa shape index (κ3) is 5.28. The van der Waals surface area contributed by atoms with Gasteiger partial charge in [-0.15, -0.1) is 0 Å². The number of nitrogens with one attached hydrogen (secondary N) is 1. The number of rotatable bonds is 5. The van der Waals surface area contributed by atoms with Gasteiger partial charge in [-0.25, -0.2) is 0 Å². The van der Waals surface area contributed by atoms with Crippen LogP contribution in [0.15, 0.2) is 24.3 Å². The number of nitrogens with zero attached hydrogens (tertiary/aromatic N) is 1. The fourth-order valence-corrected chi connectivity index (χ4v) is 1.68. The van der Waals surface area contributed by atoms with Crippen LogP contribution in [-0.2, 0) is 4.79 Å². The van der Waals surface area contributed by atoms with E-state index in [1.807, 2.05) is 6.92 Å². The second-order valence-electron chi connectivity index (χ2n) is 4.35. The van der Waals surface area contributed by atoms with Crippen molar-refractivity contribution in [3.63, 3.8) is 0 Å². The zero-order valence-electron chi connectivity index (χ0n) is 12.3. The summed E-state index contributed by atoms with van der Waals surface area (Å²) in [6, 6.07) is 6.90. The molecule has 0 heterocycles. The minimum atomic E-state index is -0.198. The van der Waals surface area contributed by atoms with Crippen LogP contribution < -0.4 is 5.32 Å².